The largest absolute Gasteiger partial charge is 0.480 e. The molecule has 1 atom stereocenters. The summed E-state index contributed by atoms with van der Waals surface area (Å²) in [6, 6.07) is 6.24. The number of carboxylic acids is 1. The molecule has 1 unspecified atom stereocenters. The Bertz CT molecular complexity index is 913. The Labute approximate surface area is 199 Å². The fourth-order valence-electron chi connectivity index (χ4n) is 3.53. The number of ketones is 1. The summed E-state index contributed by atoms with van der Waals surface area (Å²) in [5.41, 5.74) is 0.146. The highest BCUT2D eigenvalue weighted by atomic mass is 16.6. The van der Waals surface area contributed by atoms with E-state index < -0.39 is 23.6 Å². The van der Waals surface area contributed by atoms with Crippen molar-refractivity contribution in [1.29, 1.82) is 5.41 Å². The average Bonchev–Trinajstić information content (AvgIpc) is 2.76. The second-order valence-corrected chi connectivity index (χ2v) is 9.34. The van der Waals surface area contributed by atoms with E-state index in [1.54, 1.807) is 56.9 Å². The van der Waals surface area contributed by atoms with Crippen LogP contribution in [0.25, 0.3) is 0 Å². The summed E-state index contributed by atoms with van der Waals surface area (Å²) in [5.74, 6) is -1.98. The molecule has 1 heterocycles. The number of piperidine rings is 1. The van der Waals surface area contributed by atoms with Crippen molar-refractivity contribution in [2.24, 2.45) is 5.92 Å². The Morgan fingerprint density at radius 2 is 1.68 bits per heavy atom. The molecule has 186 valence electrons. The van der Waals surface area contributed by atoms with Gasteiger partial charge >= 0.3 is 12.1 Å². The number of amides is 2. The normalized spacial score (nSPS) is 15.4. The van der Waals surface area contributed by atoms with Crippen LogP contribution in [0.15, 0.2) is 24.3 Å². The molecule has 2 amide bonds. The molecule has 34 heavy (non-hydrogen) atoms. The number of carbonyl (C=O) groups excluding carboxylic acids is 3. The van der Waals surface area contributed by atoms with Gasteiger partial charge in [0.15, 0.2) is 5.78 Å². The van der Waals surface area contributed by atoms with Crippen LogP contribution in [0.4, 0.5) is 4.79 Å². The predicted octanol–water partition coefficient (Wildman–Crippen LogP) is 2.84. The average molecular weight is 476 g/mol. The van der Waals surface area contributed by atoms with E-state index in [0.717, 1.165) is 0 Å². The van der Waals surface area contributed by atoms with Gasteiger partial charge in [-0.15, -0.1) is 0 Å². The van der Waals surface area contributed by atoms with Crippen LogP contribution >= 0.6 is 0 Å². The molecule has 3 N–H and O–H groups in total. The minimum Gasteiger partial charge on any atom is -0.480 e. The number of hydrogen-bond donors (Lipinski definition) is 3. The van der Waals surface area contributed by atoms with Crippen molar-refractivity contribution in [1.82, 2.24) is 10.2 Å². The maximum atomic E-state index is 12.7. The number of ether oxygens (including phenoxy) is 2. The standard InChI is InChI=1S/C24H33N3O7/c1-15(22(31)27-11-9-18(10-12-27)33-14-20(29)30)13-19(28)16-5-7-17(8-6-16)21(25)26-23(32)34-24(2,3)4/h5-8,15,18H,9-14H2,1-4H3,(H,29,30)(H2,25,26,32). The minimum atomic E-state index is -1.02. The lowest BCUT2D eigenvalue weighted by molar-refractivity contribution is -0.147. The van der Waals surface area contributed by atoms with Gasteiger partial charge < -0.3 is 19.5 Å². The van der Waals surface area contributed by atoms with Gasteiger partial charge in [0.2, 0.25) is 5.91 Å². The molecule has 10 nitrogen and oxygen atoms in total. The molecule has 2 rings (SSSR count). The summed E-state index contributed by atoms with van der Waals surface area (Å²) >= 11 is 0. The number of amidine groups is 1. The number of Topliss-reactive ketones (excluding diaryl/α,β-unsaturated/α-hetero) is 1. The molecule has 0 aromatic heterocycles. The van der Waals surface area contributed by atoms with Gasteiger partial charge in [0.25, 0.3) is 0 Å². The topological polar surface area (TPSA) is 146 Å². The van der Waals surface area contributed by atoms with Crippen LogP contribution < -0.4 is 5.32 Å². The van der Waals surface area contributed by atoms with Crippen molar-refractivity contribution in [3.05, 3.63) is 35.4 Å². The maximum Gasteiger partial charge on any atom is 0.413 e. The highest BCUT2D eigenvalue weighted by Gasteiger charge is 2.28. The molecule has 10 heteroatoms. The summed E-state index contributed by atoms with van der Waals surface area (Å²) in [7, 11) is 0. The fraction of sp³-hybridized carbons (Fsp3) is 0.542. The molecule has 1 fully saturated rings. The van der Waals surface area contributed by atoms with Gasteiger partial charge in [-0.2, -0.15) is 0 Å². The number of nitrogens with zero attached hydrogens (tertiary/aromatic N) is 1. The summed E-state index contributed by atoms with van der Waals surface area (Å²) in [4.78, 5) is 49.5. The van der Waals surface area contributed by atoms with Crippen molar-refractivity contribution < 1.29 is 33.8 Å². The molecule has 0 bridgehead atoms. The maximum absolute atomic E-state index is 12.7. The van der Waals surface area contributed by atoms with Crippen molar-refractivity contribution in [3.8, 4) is 0 Å². The van der Waals surface area contributed by atoms with Gasteiger partial charge in [0, 0.05) is 36.6 Å². The molecule has 1 saturated heterocycles. The molecular weight excluding hydrogens is 442 g/mol. The lowest BCUT2D eigenvalue weighted by atomic mass is 9.96. The van der Waals surface area contributed by atoms with E-state index in [1.165, 1.54) is 0 Å². The van der Waals surface area contributed by atoms with Gasteiger partial charge in [-0.1, -0.05) is 31.2 Å². The Hall–Kier alpha value is -3.27. The summed E-state index contributed by atoms with van der Waals surface area (Å²) in [5, 5.41) is 19.1. The van der Waals surface area contributed by atoms with Crippen LogP contribution in [-0.4, -0.2) is 71.0 Å². The Morgan fingerprint density at radius 3 is 2.21 bits per heavy atom. The van der Waals surface area contributed by atoms with Crippen LogP contribution in [0, 0.1) is 11.3 Å². The van der Waals surface area contributed by atoms with E-state index in [2.05, 4.69) is 5.32 Å². The summed E-state index contributed by atoms with van der Waals surface area (Å²) < 4.78 is 10.4. The number of hydrogen-bond acceptors (Lipinski definition) is 7. The lowest BCUT2D eigenvalue weighted by Crippen LogP contribution is -2.43. The number of rotatable bonds is 8. The third kappa shape index (κ3) is 8.58. The van der Waals surface area contributed by atoms with Crippen LogP contribution in [-0.2, 0) is 19.1 Å². The number of alkyl carbamates (subject to hydrolysis) is 1. The quantitative estimate of drug-likeness (QED) is 0.298. The third-order valence-electron chi connectivity index (χ3n) is 5.23. The number of aliphatic carboxylic acids is 1. The monoisotopic (exact) mass is 475 g/mol. The molecule has 0 radical (unpaired) electrons. The van der Waals surface area contributed by atoms with E-state index >= 15 is 0 Å². The van der Waals surface area contributed by atoms with Gasteiger partial charge in [0.05, 0.1) is 6.10 Å². The number of benzene rings is 1. The van der Waals surface area contributed by atoms with E-state index in [-0.39, 0.29) is 36.7 Å². The highest BCUT2D eigenvalue weighted by Crippen LogP contribution is 2.19. The number of nitrogens with one attached hydrogen (secondary N) is 2. The van der Waals surface area contributed by atoms with Gasteiger partial charge in [-0.3, -0.25) is 20.3 Å². The van der Waals surface area contributed by atoms with Gasteiger partial charge in [-0.25, -0.2) is 9.59 Å². The van der Waals surface area contributed by atoms with Crippen LogP contribution in [0.5, 0.6) is 0 Å². The van der Waals surface area contributed by atoms with Crippen LogP contribution in [0.2, 0.25) is 0 Å². The third-order valence-corrected chi connectivity index (χ3v) is 5.23. The first-order chi connectivity index (χ1) is 15.9. The first-order valence-electron chi connectivity index (χ1n) is 11.2. The molecule has 1 aliphatic rings. The molecule has 1 aromatic rings. The molecular formula is C24H33N3O7. The zero-order valence-electron chi connectivity index (χ0n) is 20.1. The highest BCUT2D eigenvalue weighted by molar-refractivity contribution is 6.05. The zero-order valence-corrected chi connectivity index (χ0v) is 20.1. The van der Waals surface area contributed by atoms with Crippen LogP contribution in [0.1, 0.15) is 62.9 Å². The minimum absolute atomic E-state index is 0.0429. The van der Waals surface area contributed by atoms with E-state index in [9.17, 15) is 19.2 Å². The fourth-order valence-corrected chi connectivity index (χ4v) is 3.53. The first kappa shape index (κ1) is 27.0. The second-order valence-electron chi connectivity index (χ2n) is 9.34. The number of likely N-dealkylation sites (tertiary alicyclic amines) is 1. The number of carboxylic acid groups (broad SMARTS) is 1. The molecule has 1 aromatic carbocycles. The zero-order chi connectivity index (χ0) is 25.5. The van der Waals surface area contributed by atoms with Crippen molar-refractivity contribution in [3.63, 3.8) is 0 Å². The van der Waals surface area contributed by atoms with Crippen LogP contribution in [0.3, 0.4) is 0 Å². The Balaban J connectivity index is 1.84. The van der Waals surface area contributed by atoms with Crippen molar-refractivity contribution in [2.75, 3.05) is 19.7 Å². The number of carbonyl (C=O) groups is 4. The van der Waals surface area contributed by atoms with E-state index in [0.29, 0.717) is 37.1 Å². The predicted molar refractivity (Wildman–Crippen MR) is 124 cm³/mol. The lowest BCUT2D eigenvalue weighted by Gasteiger charge is -2.33. The molecule has 1 aliphatic heterocycles. The van der Waals surface area contributed by atoms with Crippen molar-refractivity contribution >= 4 is 29.6 Å². The Morgan fingerprint density at radius 1 is 1.12 bits per heavy atom. The SMILES string of the molecule is CC(CC(=O)c1ccc(C(=N)NC(=O)OC(C)(C)C)cc1)C(=O)N1CCC(OCC(=O)O)CC1. The van der Waals surface area contributed by atoms with Gasteiger partial charge in [0.1, 0.15) is 18.0 Å². The summed E-state index contributed by atoms with van der Waals surface area (Å²) in [6.07, 6.45) is 0.248. The van der Waals surface area contributed by atoms with E-state index in [1.807, 2.05) is 0 Å². The summed E-state index contributed by atoms with van der Waals surface area (Å²) in [6.45, 7) is 7.46. The first-order valence-corrected chi connectivity index (χ1v) is 11.2. The van der Waals surface area contributed by atoms with Gasteiger partial charge in [-0.05, 0) is 33.6 Å². The molecule has 0 aliphatic carbocycles. The smallest absolute Gasteiger partial charge is 0.413 e. The van der Waals surface area contributed by atoms with E-state index in [4.69, 9.17) is 20.0 Å². The second kappa shape index (κ2) is 11.7. The Kier molecular flexibility index (Phi) is 9.31. The van der Waals surface area contributed by atoms with Crippen molar-refractivity contribution in [2.45, 2.75) is 58.7 Å². The molecule has 0 saturated carbocycles. The molecule has 0 spiro atoms.